The lowest BCUT2D eigenvalue weighted by Crippen LogP contribution is -2.17. The minimum atomic E-state index is -2.77. The summed E-state index contributed by atoms with van der Waals surface area (Å²) in [5.41, 5.74) is 3.62. The topological polar surface area (TPSA) is 54.0 Å². The Balaban J connectivity index is 1.42. The van der Waals surface area contributed by atoms with Crippen molar-refractivity contribution in [3.63, 3.8) is 0 Å². The van der Waals surface area contributed by atoms with Gasteiger partial charge in [0.25, 0.3) is 0 Å². The van der Waals surface area contributed by atoms with Crippen LogP contribution in [-0.2, 0) is 15.0 Å². The molecule has 0 amide bonds. The average molecular weight is 849 g/mol. The van der Waals surface area contributed by atoms with E-state index in [1.54, 1.807) is 6.07 Å². The fraction of sp³-hybridized carbons (Fsp3) is 0.140. The number of hydrogen-bond acceptors (Lipinski definition) is 5. The Kier molecular flexibility index (Phi) is 12.3. The normalized spacial score (nSPS) is 12.0. The van der Waals surface area contributed by atoms with E-state index in [4.69, 9.17) is 18.4 Å². The molecule has 0 unspecified atom stereocenters. The highest BCUT2D eigenvalue weighted by Gasteiger charge is 2.39. The molecule has 0 fully saturated rings. The predicted octanol–water partition coefficient (Wildman–Crippen LogP) is 16.4. The molecule has 0 spiro atoms. The standard InChI is InChI=1S/C57H52O5S/c1-56(2,3)42-32-36-48(37-33-42)63(47-30-20-11-21-31-47,49-38-34-43(35-39-49)57(4,5)6)62-55(58)50-40-51(59-44-24-14-8-15-25-44)53(60-45-26-16-9-17-27-45)54(61-46-28-18-10-19-29-46)52(50)41-22-12-7-13-23-41/h7-40H,1-6H3. The summed E-state index contributed by atoms with van der Waals surface area (Å²) in [7, 11) is -2.77. The second-order valence-electron chi connectivity index (χ2n) is 17.4. The molecule has 0 radical (unpaired) electrons. The van der Waals surface area contributed by atoms with E-state index in [-0.39, 0.29) is 22.1 Å². The molecular formula is C57H52O5S. The van der Waals surface area contributed by atoms with Crippen LogP contribution in [0.5, 0.6) is 34.5 Å². The number of ether oxygens (including phenoxy) is 3. The molecular weight excluding hydrogens is 797 g/mol. The third-order valence-electron chi connectivity index (χ3n) is 10.8. The van der Waals surface area contributed by atoms with Crippen molar-refractivity contribution in [3.05, 3.63) is 223 Å². The van der Waals surface area contributed by atoms with Crippen LogP contribution in [0.1, 0.15) is 63.0 Å². The Bertz CT molecular complexity index is 2700. The molecule has 0 N–H and O–H groups in total. The fourth-order valence-electron chi connectivity index (χ4n) is 7.38. The van der Waals surface area contributed by atoms with Crippen molar-refractivity contribution in [3.8, 4) is 45.6 Å². The van der Waals surface area contributed by atoms with Gasteiger partial charge in [0.1, 0.15) is 17.2 Å². The van der Waals surface area contributed by atoms with Crippen LogP contribution in [0.3, 0.4) is 0 Å². The molecule has 0 aliphatic rings. The van der Waals surface area contributed by atoms with E-state index in [0.29, 0.717) is 34.3 Å². The first-order valence-electron chi connectivity index (χ1n) is 21.2. The summed E-state index contributed by atoms with van der Waals surface area (Å²) in [6, 6.07) is 67.1. The van der Waals surface area contributed by atoms with Gasteiger partial charge < -0.3 is 18.4 Å². The maximum atomic E-state index is 16.0. The van der Waals surface area contributed by atoms with Gasteiger partial charge in [-0.15, -0.1) is 0 Å². The molecule has 0 aliphatic carbocycles. The minimum absolute atomic E-state index is 0.0905. The van der Waals surface area contributed by atoms with Crippen LogP contribution >= 0.6 is 10.3 Å². The average Bonchev–Trinajstić information content (AvgIpc) is 3.30. The maximum absolute atomic E-state index is 16.0. The van der Waals surface area contributed by atoms with Crippen molar-refractivity contribution in [2.24, 2.45) is 0 Å². The lowest BCUT2D eigenvalue weighted by Gasteiger charge is -2.40. The molecule has 0 heterocycles. The fourth-order valence-corrected chi connectivity index (χ4v) is 10.4. The highest BCUT2D eigenvalue weighted by molar-refractivity contribution is 8.30. The molecule has 0 aliphatic heterocycles. The van der Waals surface area contributed by atoms with Crippen molar-refractivity contribution in [2.45, 2.75) is 67.1 Å². The van der Waals surface area contributed by atoms with Crippen molar-refractivity contribution in [2.75, 3.05) is 0 Å². The van der Waals surface area contributed by atoms with Crippen LogP contribution in [0.15, 0.2) is 221 Å². The molecule has 316 valence electrons. The zero-order chi connectivity index (χ0) is 44.0. The van der Waals surface area contributed by atoms with Crippen LogP contribution in [-0.4, -0.2) is 5.97 Å². The van der Waals surface area contributed by atoms with E-state index in [1.165, 1.54) is 11.1 Å². The Morgan fingerprint density at radius 1 is 0.413 bits per heavy atom. The van der Waals surface area contributed by atoms with Gasteiger partial charge in [0.15, 0.2) is 11.5 Å². The van der Waals surface area contributed by atoms with Gasteiger partial charge in [0, 0.05) is 26.3 Å². The van der Waals surface area contributed by atoms with Gasteiger partial charge in [0.05, 0.1) is 5.56 Å². The van der Waals surface area contributed by atoms with E-state index >= 15 is 4.79 Å². The first kappa shape index (κ1) is 42.7. The van der Waals surface area contributed by atoms with Crippen LogP contribution < -0.4 is 14.2 Å². The monoisotopic (exact) mass is 848 g/mol. The zero-order valence-corrected chi connectivity index (χ0v) is 37.4. The largest absolute Gasteiger partial charge is 0.453 e. The van der Waals surface area contributed by atoms with E-state index in [2.05, 4.69) is 102 Å². The highest BCUT2D eigenvalue weighted by Crippen LogP contribution is 2.70. The smallest absolute Gasteiger partial charge is 0.350 e. The number of carbonyl (C=O) groups excluding carboxylic acids is 1. The zero-order valence-electron chi connectivity index (χ0n) is 36.6. The van der Waals surface area contributed by atoms with Gasteiger partial charge in [-0.2, -0.15) is 0 Å². The molecule has 8 aromatic rings. The maximum Gasteiger partial charge on any atom is 0.350 e. The van der Waals surface area contributed by atoms with Crippen LogP contribution in [0.25, 0.3) is 11.1 Å². The minimum Gasteiger partial charge on any atom is -0.453 e. The third-order valence-corrected chi connectivity index (χ3v) is 14.0. The quantitative estimate of drug-likeness (QED) is 0.123. The van der Waals surface area contributed by atoms with Crippen LogP contribution in [0.4, 0.5) is 0 Å². The summed E-state index contributed by atoms with van der Waals surface area (Å²) in [5.74, 6) is 1.96. The van der Waals surface area contributed by atoms with E-state index < -0.39 is 16.3 Å². The number of para-hydroxylation sites is 3. The van der Waals surface area contributed by atoms with E-state index in [1.807, 2.05) is 140 Å². The summed E-state index contributed by atoms with van der Waals surface area (Å²) in [4.78, 5) is 18.6. The number of rotatable bonds is 12. The Labute approximate surface area is 373 Å². The second-order valence-corrected chi connectivity index (χ2v) is 20.0. The van der Waals surface area contributed by atoms with Crippen molar-refractivity contribution in [1.29, 1.82) is 0 Å². The molecule has 0 saturated carbocycles. The third kappa shape index (κ3) is 9.42. The van der Waals surface area contributed by atoms with E-state index in [9.17, 15) is 0 Å². The van der Waals surface area contributed by atoms with Crippen molar-refractivity contribution in [1.82, 2.24) is 0 Å². The Morgan fingerprint density at radius 3 is 1.21 bits per heavy atom. The molecule has 6 heteroatoms. The summed E-state index contributed by atoms with van der Waals surface area (Å²) in [6.45, 7) is 13.2. The lowest BCUT2D eigenvalue weighted by molar-refractivity contribution is 0.0757. The lowest BCUT2D eigenvalue weighted by atomic mass is 9.87. The van der Waals surface area contributed by atoms with Crippen LogP contribution in [0.2, 0.25) is 0 Å². The molecule has 8 rings (SSSR count). The molecule has 0 atom stereocenters. The molecule has 0 aromatic heterocycles. The van der Waals surface area contributed by atoms with Gasteiger partial charge in [0.2, 0.25) is 5.75 Å². The number of carbonyl (C=O) groups is 1. The first-order valence-corrected chi connectivity index (χ1v) is 22.7. The Hall–Kier alpha value is -7.02. The van der Waals surface area contributed by atoms with Gasteiger partial charge >= 0.3 is 5.97 Å². The predicted molar refractivity (Wildman–Crippen MR) is 256 cm³/mol. The SMILES string of the molecule is CC(C)(C)c1ccc(S(OC(=O)c2cc(Oc3ccccc3)c(Oc3ccccc3)c(Oc3ccccc3)c2-c2ccccc2)(c2ccccc2)c2ccc(C(C)(C)C)cc2)cc1. The van der Waals surface area contributed by atoms with Crippen molar-refractivity contribution < 1.29 is 23.2 Å². The van der Waals surface area contributed by atoms with Crippen LogP contribution in [0, 0.1) is 0 Å². The molecule has 5 nitrogen and oxygen atoms in total. The summed E-state index contributed by atoms with van der Waals surface area (Å²) in [5, 5.41) is 0. The second kappa shape index (κ2) is 18.1. The molecule has 8 aromatic carbocycles. The molecule has 63 heavy (non-hydrogen) atoms. The van der Waals surface area contributed by atoms with Gasteiger partial charge in [-0.3, -0.25) is 0 Å². The number of benzene rings is 8. The highest BCUT2D eigenvalue weighted by atomic mass is 32.3. The van der Waals surface area contributed by atoms with E-state index in [0.717, 1.165) is 20.2 Å². The number of hydrogen-bond donors (Lipinski definition) is 0. The molecule has 0 saturated heterocycles. The first-order chi connectivity index (χ1) is 30.4. The molecule has 0 bridgehead atoms. The summed E-state index contributed by atoms with van der Waals surface area (Å²) in [6.07, 6.45) is 0. The summed E-state index contributed by atoms with van der Waals surface area (Å²) >= 11 is 0. The van der Waals surface area contributed by atoms with Crippen molar-refractivity contribution >= 4 is 16.3 Å². The summed E-state index contributed by atoms with van der Waals surface area (Å²) < 4.78 is 27.7. The Morgan fingerprint density at radius 2 is 0.778 bits per heavy atom. The van der Waals surface area contributed by atoms with Gasteiger partial charge in [-0.25, -0.2) is 4.79 Å². The van der Waals surface area contributed by atoms with Gasteiger partial charge in [-0.05, 0) is 111 Å². The van der Waals surface area contributed by atoms with Gasteiger partial charge in [-0.1, -0.05) is 169 Å².